The minimum atomic E-state index is -0.581. The number of carbonyl (C=O) groups excluding carboxylic acids is 1. The molecule has 0 aliphatic rings. The van der Waals surface area contributed by atoms with Crippen LogP contribution < -0.4 is 4.74 Å². The fourth-order valence-electron chi connectivity index (χ4n) is 0.707. The van der Waals surface area contributed by atoms with E-state index in [9.17, 15) is 4.79 Å². The van der Waals surface area contributed by atoms with Crippen LogP contribution in [0.5, 0.6) is 5.75 Å². The van der Waals surface area contributed by atoms with Gasteiger partial charge in [-0.05, 0) is 0 Å². The van der Waals surface area contributed by atoms with Gasteiger partial charge in [0.2, 0.25) is 0 Å². The van der Waals surface area contributed by atoms with E-state index in [1.807, 2.05) is 0 Å². The average molecular weight is 203 g/mol. The molecule has 1 aromatic rings. The summed E-state index contributed by atoms with van der Waals surface area (Å²) in [6, 6.07) is 1.36. The summed E-state index contributed by atoms with van der Waals surface area (Å²) in [5.74, 6) is -0.292. The van der Waals surface area contributed by atoms with Gasteiger partial charge in [-0.15, -0.1) is 10.2 Å². The molecule has 0 spiro atoms. The Hall–Kier alpha value is -1.36. The van der Waals surface area contributed by atoms with E-state index in [0.717, 1.165) is 0 Å². The van der Waals surface area contributed by atoms with Crippen LogP contribution in [0.2, 0.25) is 5.15 Å². The number of methoxy groups -OCH3 is 2. The van der Waals surface area contributed by atoms with Gasteiger partial charge in [0.1, 0.15) is 0 Å². The molecule has 0 N–H and O–H groups in total. The Morgan fingerprint density at radius 1 is 1.46 bits per heavy atom. The normalized spacial score (nSPS) is 9.46. The summed E-state index contributed by atoms with van der Waals surface area (Å²) < 4.78 is 9.27. The minimum absolute atomic E-state index is 0.0590. The van der Waals surface area contributed by atoms with Gasteiger partial charge in [-0.1, -0.05) is 11.6 Å². The molecule has 0 atom stereocenters. The van der Waals surface area contributed by atoms with Crippen LogP contribution in [-0.2, 0) is 4.74 Å². The van der Waals surface area contributed by atoms with E-state index in [1.165, 1.54) is 20.3 Å². The van der Waals surface area contributed by atoms with Crippen LogP contribution >= 0.6 is 11.6 Å². The largest absolute Gasteiger partial charge is 0.493 e. The van der Waals surface area contributed by atoms with Crippen molar-refractivity contribution in [2.45, 2.75) is 0 Å². The van der Waals surface area contributed by atoms with Crippen molar-refractivity contribution in [3.05, 3.63) is 16.9 Å². The van der Waals surface area contributed by atoms with Gasteiger partial charge in [-0.3, -0.25) is 0 Å². The third-order valence-corrected chi connectivity index (χ3v) is 1.59. The predicted molar refractivity (Wildman–Crippen MR) is 44.9 cm³/mol. The molecule has 0 fully saturated rings. The van der Waals surface area contributed by atoms with Gasteiger partial charge in [0.25, 0.3) is 0 Å². The number of hydrogen-bond acceptors (Lipinski definition) is 5. The first-order valence-corrected chi connectivity index (χ1v) is 3.72. The van der Waals surface area contributed by atoms with E-state index in [4.69, 9.17) is 16.3 Å². The van der Waals surface area contributed by atoms with Crippen LogP contribution in [0.15, 0.2) is 6.07 Å². The van der Waals surface area contributed by atoms with Gasteiger partial charge in [-0.25, -0.2) is 4.79 Å². The highest BCUT2D eigenvalue weighted by molar-refractivity contribution is 6.30. The Bertz CT molecular complexity index is 330. The van der Waals surface area contributed by atoms with Crippen molar-refractivity contribution < 1.29 is 14.3 Å². The number of rotatable bonds is 2. The Morgan fingerprint density at radius 2 is 2.15 bits per heavy atom. The van der Waals surface area contributed by atoms with Crippen LogP contribution in [0.3, 0.4) is 0 Å². The summed E-state index contributed by atoms with van der Waals surface area (Å²) in [4.78, 5) is 11.0. The first-order chi connectivity index (χ1) is 6.19. The average Bonchev–Trinajstić information content (AvgIpc) is 2.17. The molecule has 1 heterocycles. The zero-order valence-corrected chi connectivity index (χ0v) is 7.83. The maximum atomic E-state index is 11.0. The summed E-state index contributed by atoms with van der Waals surface area (Å²) >= 11 is 5.59. The molecular formula is C7H7ClN2O3. The number of nitrogens with zero attached hydrogens (tertiary/aromatic N) is 2. The molecule has 70 valence electrons. The van der Waals surface area contributed by atoms with E-state index in [0.29, 0.717) is 0 Å². The van der Waals surface area contributed by atoms with Gasteiger partial charge in [0.15, 0.2) is 16.6 Å². The fraction of sp³-hybridized carbons (Fsp3) is 0.286. The highest BCUT2D eigenvalue weighted by Crippen LogP contribution is 2.20. The zero-order valence-electron chi connectivity index (χ0n) is 7.07. The zero-order chi connectivity index (χ0) is 9.84. The Labute approximate surface area is 79.6 Å². The van der Waals surface area contributed by atoms with Gasteiger partial charge in [0, 0.05) is 6.07 Å². The number of halogens is 1. The second-order valence-electron chi connectivity index (χ2n) is 2.08. The van der Waals surface area contributed by atoms with Crippen molar-refractivity contribution >= 4 is 17.6 Å². The number of esters is 1. The van der Waals surface area contributed by atoms with Crippen molar-refractivity contribution in [3.8, 4) is 5.75 Å². The highest BCUT2D eigenvalue weighted by atomic mass is 35.5. The Balaban J connectivity index is 3.06. The smallest absolute Gasteiger partial charge is 0.358 e. The van der Waals surface area contributed by atoms with Crippen molar-refractivity contribution in [1.82, 2.24) is 10.2 Å². The monoisotopic (exact) mass is 202 g/mol. The molecule has 0 aromatic carbocycles. The number of aromatic nitrogens is 2. The standard InChI is InChI=1S/C7H7ClN2O3/c1-12-5-3-4(7(11)13-2)9-10-6(5)8/h3H,1-2H3. The summed E-state index contributed by atoms with van der Waals surface area (Å²) in [5, 5.41) is 7.14. The molecule has 13 heavy (non-hydrogen) atoms. The summed E-state index contributed by atoms with van der Waals surface area (Å²) in [7, 11) is 2.68. The van der Waals surface area contributed by atoms with E-state index in [2.05, 4.69) is 14.9 Å². The van der Waals surface area contributed by atoms with E-state index in [-0.39, 0.29) is 16.6 Å². The Kier molecular flexibility index (Phi) is 3.02. The third-order valence-electron chi connectivity index (χ3n) is 1.33. The van der Waals surface area contributed by atoms with Crippen LogP contribution in [0.1, 0.15) is 10.5 Å². The molecule has 0 saturated heterocycles. The molecule has 0 radical (unpaired) electrons. The summed E-state index contributed by atoms with van der Waals surface area (Å²) in [6.45, 7) is 0. The predicted octanol–water partition coefficient (Wildman–Crippen LogP) is 0.925. The Morgan fingerprint density at radius 3 is 2.69 bits per heavy atom. The molecule has 0 saturated carbocycles. The quantitative estimate of drug-likeness (QED) is 0.668. The van der Waals surface area contributed by atoms with Crippen LogP contribution in [-0.4, -0.2) is 30.4 Å². The third kappa shape index (κ3) is 2.06. The van der Waals surface area contributed by atoms with Crippen molar-refractivity contribution in [1.29, 1.82) is 0 Å². The molecule has 0 aliphatic heterocycles. The highest BCUT2D eigenvalue weighted by Gasteiger charge is 2.11. The molecule has 5 nitrogen and oxygen atoms in total. The van der Waals surface area contributed by atoms with Gasteiger partial charge < -0.3 is 9.47 Å². The fourth-order valence-corrected chi connectivity index (χ4v) is 0.877. The van der Waals surface area contributed by atoms with E-state index < -0.39 is 5.97 Å². The second kappa shape index (κ2) is 4.04. The van der Waals surface area contributed by atoms with Gasteiger partial charge in [-0.2, -0.15) is 0 Å². The van der Waals surface area contributed by atoms with E-state index in [1.54, 1.807) is 0 Å². The topological polar surface area (TPSA) is 61.3 Å². The van der Waals surface area contributed by atoms with Gasteiger partial charge >= 0.3 is 5.97 Å². The second-order valence-corrected chi connectivity index (χ2v) is 2.44. The summed E-state index contributed by atoms with van der Waals surface area (Å²) in [6.07, 6.45) is 0. The van der Waals surface area contributed by atoms with E-state index >= 15 is 0 Å². The molecule has 1 aromatic heterocycles. The SMILES string of the molecule is COC(=O)c1cc(OC)c(Cl)nn1. The van der Waals surface area contributed by atoms with Crippen LogP contribution in [0.25, 0.3) is 0 Å². The van der Waals surface area contributed by atoms with Crippen molar-refractivity contribution in [3.63, 3.8) is 0 Å². The maximum Gasteiger partial charge on any atom is 0.358 e. The van der Waals surface area contributed by atoms with Crippen LogP contribution in [0, 0.1) is 0 Å². The minimum Gasteiger partial charge on any atom is -0.493 e. The lowest BCUT2D eigenvalue weighted by molar-refractivity contribution is 0.0592. The number of ether oxygens (including phenoxy) is 2. The molecule has 0 unspecified atom stereocenters. The van der Waals surface area contributed by atoms with Crippen LogP contribution in [0.4, 0.5) is 0 Å². The molecular weight excluding hydrogens is 196 g/mol. The number of carbonyl (C=O) groups is 1. The first-order valence-electron chi connectivity index (χ1n) is 3.34. The molecule has 1 rings (SSSR count). The number of hydrogen-bond donors (Lipinski definition) is 0. The first kappa shape index (κ1) is 9.73. The lowest BCUT2D eigenvalue weighted by Crippen LogP contribution is -2.06. The molecule has 0 amide bonds. The molecule has 0 aliphatic carbocycles. The van der Waals surface area contributed by atoms with Crippen molar-refractivity contribution in [2.24, 2.45) is 0 Å². The molecule has 6 heteroatoms. The lowest BCUT2D eigenvalue weighted by Gasteiger charge is -2.02. The summed E-state index contributed by atoms with van der Waals surface area (Å²) in [5.41, 5.74) is 0.0590. The lowest BCUT2D eigenvalue weighted by atomic mass is 10.4. The molecule has 0 bridgehead atoms. The maximum absolute atomic E-state index is 11.0. The van der Waals surface area contributed by atoms with Crippen molar-refractivity contribution in [2.75, 3.05) is 14.2 Å². The van der Waals surface area contributed by atoms with Gasteiger partial charge in [0.05, 0.1) is 14.2 Å².